The lowest BCUT2D eigenvalue weighted by Gasteiger charge is -2.09. The smallest absolute Gasteiger partial charge is 0.512 e. The zero-order valence-electron chi connectivity index (χ0n) is 9.29. The fourth-order valence-corrected chi connectivity index (χ4v) is 1.33. The second-order valence-electron chi connectivity index (χ2n) is 3.47. The van der Waals surface area contributed by atoms with Crippen molar-refractivity contribution >= 4 is 0 Å². The molecule has 2 nitrogen and oxygen atoms in total. The van der Waals surface area contributed by atoms with Crippen LogP contribution in [0.25, 0.3) is 0 Å². The number of aliphatic hydroxyl groups excluding tert-OH is 1. The van der Waals surface area contributed by atoms with E-state index in [-0.39, 0.29) is 11.5 Å². The van der Waals surface area contributed by atoms with Crippen molar-refractivity contribution in [3.8, 4) is 5.75 Å². The molecule has 0 radical (unpaired) electrons. The molecule has 0 saturated heterocycles. The Morgan fingerprint density at radius 3 is 2.35 bits per heavy atom. The molecular weight excluding hydrogens is 233 g/mol. The normalized spacial score (nSPS) is 12.6. The van der Waals surface area contributed by atoms with Crippen molar-refractivity contribution in [1.82, 2.24) is 0 Å². The highest BCUT2D eigenvalue weighted by molar-refractivity contribution is 5.29. The first kappa shape index (κ1) is 13.4. The lowest BCUT2D eigenvalue weighted by atomic mass is 10.1. The Labute approximate surface area is 97.3 Å². The molecule has 0 heterocycles. The third kappa shape index (κ3) is 5.29. The zero-order valence-corrected chi connectivity index (χ0v) is 9.29. The van der Waals surface area contributed by atoms with Gasteiger partial charge in [-0.3, -0.25) is 0 Å². The van der Waals surface area contributed by atoms with Gasteiger partial charge in [0, 0.05) is 6.42 Å². The molecule has 1 aromatic rings. The zero-order chi connectivity index (χ0) is 12.9. The lowest BCUT2D eigenvalue weighted by molar-refractivity contribution is -0.274. The Morgan fingerprint density at radius 2 is 1.88 bits per heavy atom. The van der Waals surface area contributed by atoms with Gasteiger partial charge in [-0.15, -0.1) is 13.2 Å². The molecule has 0 aromatic heterocycles. The summed E-state index contributed by atoms with van der Waals surface area (Å²) in [4.78, 5) is 0. The summed E-state index contributed by atoms with van der Waals surface area (Å²) in [5.41, 5.74) is 0.724. The average Bonchev–Trinajstić information content (AvgIpc) is 2.19. The topological polar surface area (TPSA) is 29.5 Å². The summed E-state index contributed by atoms with van der Waals surface area (Å²) in [5, 5.41) is 9.41. The summed E-state index contributed by atoms with van der Waals surface area (Å²) in [6.45, 7) is 1.89. The monoisotopic (exact) mass is 246 g/mol. The minimum absolute atomic E-state index is 0.206. The number of aliphatic hydroxyl groups is 1. The maximum atomic E-state index is 11.9. The number of benzene rings is 1. The van der Waals surface area contributed by atoms with Crippen LogP contribution in [0.5, 0.6) is 5.75 Å². The van der Waals surface area contributed by atoms with Crippen molar-refractivity contribution in [3.63, 3.8) is 0 Å². The quantitative estimate of drug-likeness (QED) is 0.814. The number of alkyl halides is 3. The van der Waals surface area contributed by atoms with Gasteiger partial charge in [0.15, 0.2) is 0 Å². The van der Waals surface area contributed by atoms with E-state index in [9.17, 15) is 18.3 Å². The highest BCUT2D eigenvalue weighted by Crippen LogP contribution is 2.23. The van der Waals surface area contributed by atoms with E-state index in [1.807, 2.05) is 6.92 Å². The SMILES string of the molecule is CC/C=C(/O)Cc1ccc(OC(F)(F)F)cc1. The second kappa shape index (κ2) is 5.61. The highest BCUT2D eigenvalue weighted by Gasteiger charge is 2.30. The van der Waals surface area contributed by atoms with Crippen molar-refractivity contribution in [2.75, 3.05) is 0 Å². The van der Waals surface area contributed by atoms with E-state index < -0.39 is 6.36 Å². The van der Waals surface area contributed by atoms with Crippen molar-refractivity contribution in [2.45, 2.75) is 26.1 Å². The van der Waals surface area contributed by atoms with Crippen LogP contribution >= 0.6 is 0 Å². The predicted octanol–water partition coefficient (Wildman–Crippen LogP) is 3.98. The molecule has 17 heavy (non-hydrogen) atoms. The van der Waals surface area contributed by atoms with Gasteiger partial charge in [0.1, 0.15) is 5.75 Å². The van der Waals surface area contributed by atoms with Gasteiger partial charge < -0.3 is 9.84 Å². The van der Waals surface area contributed by atoms with Crippen LogP contribution in [0, 0.1) is 0 Å². The summed E-state index contributed by atoms with van der Waals surface area (Å²) in [7, 11) is 0. The minimum Gasteiger partial charge on any atom is -0.512 e. The molecule has 0 saturated carbocycles. The second-order valence-corrected chi connectivity index (χ2v) is 3.47. The number of rotatable bonds is 4. The number of hydrogen-bond donors (Lipinski definition) is 1. The van der Waals surface area contributed by atoms with E-state index >= 15 is 0 Å². The molecule has 0 bridgehead atoms. The molecule has 1 aromatic carbocycles. The van der Waals surface area contributed by atoms with Crippen molar-refractivity contribution < 1.29 is 23.0 Å². The van der Waals surface area contributed by atoms with E-state index in [1.54, 1.807) is 6.08 Å². The highest BCUT2D eigenvalue weighted by atomic mass is 19.4. The molecule has 1 N–H and O–H groups in total. The van der Waals surface area contributed by atoms with Crippen molar-refractivity contribution in [3.05, 3.63) is 41.7 Å². The molecule has 94 valence electrons. The van der Waals surface area contributed by atoms with Crippen LogP contribution in [-0.2, 0) is 6.42 Å². The first-order valence-corrected chi connectivity index (χ1v) is 5.13. The maximum Gasteiger partial charge on any atom is 0.573 e. The largest absolute Gasteiger partial charge is 0.573 e. The third-order valence-electron chi connectivity index (χ3n) is 1.98. The van der Waals surface area contributed by atoms with Gasteiger partial charge >= 0.3 is 6.36 Å². The summed E-state index contributed by atoms with van der Waals surface area (Å²) in [6, 6.07) is 5.42. The number of halogens is 3. The minimum atomic E-state index is -4.67. The lowest BCUT2D eigenvalue weighted by Crippen LogP contribution is -2.17. The summed E-state index contributed by atoms with van der Waals surface area (Å²) in [5.74, 6) is -0.0581. The van der Waals surface area contributed by atoms with Crippen LogP contribution in [0.1, 0.15) is 18.9 Å². The van der Waals surface area contributed by atoms with Crippen LogP contribution < -0.4 is 4.74 Å². The van der Waals surface area contributed by atoms with Gasteiger partial charge in [-0.1, -0.05) is 19.1 Å². The van der Waals surface area contributed by atoms with E-state index in [4.69, 9.17) is 0 Å². The number of hydrogen-bond acceptors (Lipinski definition) is 2. The van der Waals surface area contributed by atoms with E-state index in [0.717, 1.165) is 5.56 Å². The third-order valence-corrected chi connectivity index (χ3v) is 1.98. The molecule has 0 aliphatic carbocycles. The molecule has 0 unspecified atom stereocenters. The molecule has 0 spiro atoms. The fraction of sp³-hybridized carbons (Fsp3) is 0.333. The maximum absolute atomic E-state index is 11.9. The summed E-state index contributed by atoms with van der Waals surface area (Å²) >= 11 is 0. The standard InChI is InChI=1S/C12H13F3O2/c1-2-3-10(16)8-9-4-6-11(7-5-9)17-12(13,14)15/h3-7,16H,2,8H2,1H3/b10-3+. The van der Waals surface area contributed by atoms with Crippen LogP contribution in [0.2, 0.25) is 0 Å². The van der Waals surface area contributed by atoms with Crippen molar-refractivity contribution in [2.24, 2.45) is 0 Å². The molecule has 0 aliphatic heterocycles. The molecule has 0 atom stereocenters. The number of allylic oxidation sites excluding steroid dienone is 2. The van der Waals surface area contributed by atoms with E-state index in [2.05, 4.69) is 4.74 Å². The van der Waals surface area contributed by atoms with Crippen LogP contribution in [0.15, 0.2) is 36.1 Å². The fourth-order valence-electron chi connectivity index (χ4n) is 1.33. The van der Waals surface area contributed by atoms with E-state index in [1.165, 1.54) is 24.3 Å². The Hall–Kier alpha value is -1.65. The molecular formula is C12H13F3O2. The molecule has 0 fully saturated rings. The molecule has 0 amide bonds. The Kier molecular flexibility index (Phi) is 4.43. The van der Waals surface area contributed by atoms with Gasteiger partial charge in [-0.25, -0.2) is 0 Å². The molecule has 1 rings (SSSR count). The van der Waals surface area contributed by atoms with Crippen molar-refractivity contribution in [1.29, 1.82) is 0 Å². The van der Waals surface area contributed by atoms with Gasteiger partial charge in [0.05, 0.1) is 5.76 Å². The number of ether oxygens (including phenoxy) is 1. The molecule has 5 heteroatoms. The van der Waals surface area contributed by atoms with Crippen LogP contribution in [0.4, 0.5) is 13.2 Å². The van der Waals surface area contributed by atoms with Crippen LogP contribution in [0.3, 0.4) is 0 Å². The first-order chi connectivity index (χ1) is 7.90. The first-order valence-electron chi connectivity index (χ1n) is 5.13. The Balaban J connectivity index is 2.65. The van der Waals surface area contributed by atoms with E-state index in [0.29, 0.717) is 12.8 Å². The van der Waals surface area contributed by atoms with Gasteiger partial charge in [-0.05, 0) is 30.2 Å². The summed E-state index contributed by atoms with van der Waals surface area (Å²) < 4.78 is 39.4. The van der Waals surface area contributed by atoms with Gasteiger partial charge in [0.2, 0.25) is 0 Å². The summed E-state index contributed by atoms with van der Waals surface area (Å²) in [6.07, 6.45) is -2.01. The molecule has 0 aliphatic rings. The van der Waals surface area contributed by atoms with Gasteiger partial charge in [0.25, 0.3) is 0 Å². The van der Waals surface area contributed by atoms with Gasteiger partial charge in [-0.2, -0.15) is 0 Å². The predicted molar refractivity (Wildman–Crippen MR) is 57.8 cm³/mol. The average molecular weight is 246 g/mol. The van der Waals surface area contributed by atoms with Crippen LogP contribution in [-0.4, -0.2) is 11.5 Å². The Bertz CT molecular complexity index is 380. The Morgan fingerprint density at radius 1 is 1.29 bits per heavy atom.